The van der Waals surface area contributed by atoms with Gasteiger partial charge in [-0.1, -0.05) is 6.42 Å². The Morgan fingerprint density at radius 2 is 1.95 bits per heavy atom. The molecule has 0 spiro atoms. The van der Waals surface area contributed by atoms with Gasteiger partial charge in [0.05, 0.1) is 13.0 Å². The first-order valence-electron chi connectivity index (χ1n) is 6.14. The van der Waals surface area contributed by atoms with E-state index < -0.39 is 29.9 Å². The molecule has 1 fully saturated rings. The van der Waals surface area contributed by atoms with E-state index in [1.165, 1.54) is 14.2 Å². The van der Waals surface area contributed by atoms with Gasteiger partial charge in [0.15, 0.2) is 0 Å². The number of nitrogens with zero attached hydrogens (tertiary/aromatic N) is 1. The van der Waals surface area contributed by atoms with Gasteiger partial charge in [0.1, 0.15) is 6.54 Å². The van der Waals surface area contributed by atoms with Gasteiger partial charge in [-0.25, -0.2) is 0 Å². The number of halogens is 3. The summed E-state index contributed by atoms with van der Waals surface area (Å²) in [6.07, 6.45) is -3.54. The average Bonchev–Trinajstić information content (AvgIpc) is 2.36. The van der Waals surface area contributed by atoms with Crippen LogP contribution in [0, 0.1) is 11.8 Å². The molecule has 0 aromatic heterocycles. The van der Waals surface area contributed by atoms with Crippen molar-refractivity contribution in [3.05, 3.63) is 0 Å². The van der Waals surface area contributed by atoms with Crippen LogP contribution in [-0.4, -0.2) is 43.7 Å². The molecule has 0 radical (unpaired) electrons. The second-order valence-corrected chi connectivity index (χ2v) is 4.87. The van der Waals surface area contributed by atoms with E-state index in [2.05, 4.69) is 4.74 Å². The predicted octanol–water partition coefficient (Wildman–Crippen LogP) is 1.99. The number of carbonyl (C=O) groups excluding carboxylic acids is 2. The van der Waals surface area contributed by atoms with Crippen molar-refractivity contribution in [2.75, 3.05) is 20.7 Å². The summed E-state index contributed by atoms with van der Waals surface area (Å²) in [5.74, 6) is -3.07. The van der Waals surface area contributed by atoms with Gasteiger partial charge in [0.25, 0.3) is 0 Å². The van der Waals surface area contributed by atoms with Gasteiger partial charge >= 0.3 is 12.1 Å². The molecule has 2 atom stereocenters. The zero-order valence-corrected chi connectivity index (χ0v) is 11.0. The van der Waals surface area contributed by atoms with Crippen molar-refractivity contribution in [1.29, 1.82) is 0 Å². The zero-order chi connectivity index (χ0) is 14.6. The number of esters is 1. The normalized spacial score (nSPS) is 23.8. The highest BCUT2D eigenvalue weighted by Crippen LogP contribution is 2.40. The van der Waals surface area contributed by atoms with Crippen molar-refractivity contribution in [2.24, 2.45) is 11.8 Å². The molecule has 1 saturated carbocycles. The zero-order valence-electron chi connectivity index (χ0n) is 11.0. The van der Waals surface area contributed by atoms with Crippen LogP contribution in [0.15, 0.2) is 0 Å². The molecule has 4 nitrogen and oxygen atoms in total. The molecule has 0 aromatic carbocycles. The Morgan fingerprint density at radius 3 is 2.47 bits per heavy atom. The largest absolute Gasteiger partial charge is 0.468 e. The monoisotopic (exact) mass is 281 g/mol. The summed E-state index contributed by atoms with van der Waals surface area (Å²) in [6, 6.07) is 0. The van der Waals surface area contributed by atoms with Gasteiger partial charge in [-0.05, 0) is 19.3 Å². The Labute approximate surface area is 109 Å². The number of rotatable bonds is 3. The summed E-state index contributed by atoms with van der Waals surface area (Å²) >= 11 is 0. The SMILES string of the molecule is COC(=O)CN(C)C(=O)C1CCCC(C(F)(F)F)C1. The minimum Gasteiger partial charge on any atom is -0.468 e. The number of methoxy groups -OCH3 is 1. The van der Waals surface area contributed by atoms with Crippen LogP contribution in [0.2, 0.25) is 0 Å². The molecule has 1 aliphatic rings. The van der Waals surface area contributed by atoms with Gasteiger partial charge in [-0.15, -0.1) is 0 Å². The molecule has 0 bridgehead atoms. The van der Waals surface area contributed by atoms with Crippen molar-refractivity contribution < 1.29 is 27.5 Å². The number of hydrogen-bond donors (Lipinski definition) is 0. The Balaban J connectivity index is 2.59. The van der Waals surface area contributed by atoms with Crippen LogP contribution < -0.4 is 0 Å². The molecular weight excluding hydrogens is 263 g/mol. The molecule has 1 amide bonds. The summed E-state index contributed by atoms with van der Waals surface area (Å²) in [7, 11) is 2.59. The van der Waals surface area contributed by atoms with Gasteiger partial charge in [-0.3, -0.25) is 9.59 Å². The maximum Gasteiger partial charge on any atom is 0.391 e. The lowest BCUT2D eigenvalue weighted by Gasteiger charge is -2.31. The van der Waals surface area contributed by atoms with Crippen LogP contribution in [0.4, 0.5) is 13.2 Å². The van der Waals surface area contributed by atoms with Gasteiger partial charge in [0.2, 0.25) is 5.91 Å². The highest BCUT2D eigenvalue weighted by atomic mass is 19.4. The third-order valence-electron chi connectivity index (χ3n) is 3.46. The predicted molar refractivity (Wildman–Crippen MR) is 61.2 cm³/mol. The molecular formula is C12H18F3NO3. The lowest BCUT2D eigenvalue weighted by atomic mass is 9.80. The average molecular weight is 281 g/mol. The summed E-state index contributed by atoms with van der Waals surface area (Å²) in [5, 5.41) is 0. The molecule has 0 N–H and O–H groups in total. The molecule has 7 heteroatoms. The van der Waals surface area contributed by atoms with Crippen molar-refractivity contribution in [2.45, 2.75) is 31.9 Å². The smallest absolute Gasteiger partial charge is 0.391 e. The van der Waals surface area contributed by atoms with Crippen LogP contribution in [0.25, 0.3) is 0 Å². The number of likely N-dealkylation sites (N-methyl/N-ethyl adjacent to an activating group) is 1. The van der Waals surface area contributed by atoms with Gasteiger partial charge in [0, 0.05) is 13.0 Å². The van der Waals surface area contributed by atoms with Crippen molar-refractivity contribution in [1.82, 2.24) is 4.90 Å². The van der Waals surface area contributed by atoms with E-state index in [9.17, 15) is 22.8 Å². The minimum absolute atomic E-state index is 0.0774. The number of alkyl halides is 3. The molecule has 0 saturated heterocycles. The lowest BCUT2D eigenvalue weighted by Crippen LogP contribution is -2.40. The van der Waals surface area contributed by atoms with E-state index in [1.807, 2.05) is 0 Å². The van der Waals surface area contributed by atoms with E-state index in [0.29, 0.717) is 12.8 Å². The molecule has 1 rings (SSSR count). The Hall–Kier alpha value is -1.27. The van der Waals surface area contributed by atoms with E-state index in [1.54, 1.807) is 0 Å². The van der Waals surface area contributed by atoms with E-state index in [4.69, 9.17) is 0 Å². The van der Waals surface area contributed by atoms with Gasteiger partial charge < -0.3 is 9.64 Å². The van der Waals surface area contributed by atoms with Crippen LogP contribution in [0.5, 0.6) is 0 Å². The molecule has 0 aromatic rings. The first kappa shape index (κ1) is 15.8. The van der Waals surface area contributed by atoms with Crippen molar-refractivity contribution >= 4 is 11.9 Å². The quantitative estimate of drug-likeness (QED) is 0.743. The second kappa shape index (κ2) is 6.25. The Morgan fingerprint density at radius 1 is 1.32 bits per heavy atom. The molecule has 0 heterocycles. The van der Waals surface area contributed by atoms with E-state index >= 15 is 0 Å². The summed E-state index contributed by atoms with van der Waals surface area (Å²) in [4.78, 5) is 24.1. The third-order valence-corrected chi connectivity index (χ3v) is 3.46. The maximum absolute atomic E-state index is 12.6. The van der Waals surface area contributed by atoms with Crippen LogP contribution in [0.1, 0.15) is 25.7 Å². The lowest BCUT2D eigenvalue weighted by molar-refractivity contribution is -0.187. The topological polar surface area (TPSA) is 46.6 Å². The summed E-state index contributed by atoms with van der Waals surface area (Å²) in [6.45, 7) is -0.234. The van der Waals surface area contributed by atoms with Crippen LogP contribution >= 0.6 is 0 Å². The van der Waals surface area contributed by atoms with Crippen LogP contribution in [-0.2, 0) is 14.3 Å². The summed E-state index contributed by atoms with van der Waals surface area (Å²) < 4.78 is 42.4. The third kappa shape index (κ3) is 4.40. The van der Waals surface area contributed by atoms with Crippen molar-refractivity contribution in [3.63, 3.8) is 0 Å². The number of amides is 1. The van der Waals surface area contributed by atoms with Gasteiger partial charge in [-0.2, -0.15) is 13.2 Å². The van der Waals surface area contributed by atoms with E-state index in [-0.39, 0.29) is 19.4 Å². The fourth-order valence-corrected chi connectivity index (χ4v) is 2.36. The molecule has 19 heavy (non-hydrogen) atoms. The molecule has 0 aliphatic heterocycles. The Bertz CT molecular complexity index is 344. The second-order valence-electron chi connectivity index (χ2n) is 4.87. The summed E-state index contributed by atoms with van der Waals surface area (Å²) in [5.41, 5.74) is 0. The number of hydrogen-bond acceptors (Lipinski definition) is 3. The fraction of sp³-hybridized carbons (Fsp3) is 0.833. The standard InChI is InChI=1S/C12H18F3NO3/c1-16(7-10(17)19-2)11(18)8-4-3-5-9(6-8)12(13,14)15/h8-9H,3-7H2,1-2H3. The highest BCUT2D eigenvalue weighted by molar-refractivity contribution is 5.83. The Kier molecular flexibility index (Phi) is 5.20. The first-order valence-corrected chi connectivity index (χ1v) is 6.14. The van der Waals surface area contributed by atoms with E-state index in [0.717, 1.165) is 4.90 Å². The fourth-order valence-electron chi connectivity index (χ4n) is 2.36. The number of ether oxygens (including phenoxy) is 1. The first-order chi connectivity index (χ1) is 8.75. The highest BCUT2D eigenvalue weighted by Gasteiger charge is 2.44. The number of carbonyl (C=O) groups is 2. The maximum atomic E-state index is 12.6. The minimum atomic E-state index is -4.25. The molecule has 110 valence electrons. The van der Waals surface area contributed by atoms with Crippen LogP contribution in [0.3, 0.4) is 0 Å². The molecule has 2 unspecified atom stereocenters. The van der Waals surface area contributed by atoms with Crippen molar-refractivity contribution in [3.8, 4) is 0 Å². The molecule has 1 aliphatic carbocycles.